The van der Waals surface area contributed by atoms with Crippen LogP contribution in [0, 0.1) is 5.82 Å². The second-order valence-corrected chi connectivity index (χ2v) is 4.48. The highest BCUT2D eigenvalue weighted by atomic mass is 19.1. The van der Waals surface area contributed by atoms with Crippen LogP contribution in [0.15, 0.2) is 18.2 Å². The lowest BCUT2D eigenvalue weighted by atomic mass is 9.87. The van der Waals surface area contributed by atoms with Crippen molar-refractivity contribution in [3.63, 3.8) is 0 Å². The van der Waals surface area contributed by atoms with E-state index in [9.17, 15) is 4.39 Å². The molecule has 0 bridgehead atoms. The molecule has 1 unspecified atom stereocenters. The van der Waals surface area contributed by atoms with Crippen molar-refractivity contribution in [1.82, 2.24) is 5.32 Å². The standard InChI is InChI=1S/C13H19FN2/c1-15-8-6-10-7-9-16(2)13-11(10)4-3-5-12(13)14/h3-5,10,15H,6-9H2,1-2H3. The number of rotatable bonds is 3. The van der Waals surface area contributed by atoms with Crippen LogP contribution >= 0.6 is 0 Å². The van der Waals surface area contributed by atoms with Gasteiger partial charge in [-0.3, -0.25) is 0 Å². The number of nitrogens with zero attached hydrogens (tertiary/aromatic N) is 1. The average molecular weight is 222 g/mol. The van der Waals surface area contributed by atoms with Gasteiger partial charge in [-0.05, 0) is 44.0 Å². The number of hydrogen-bond donors (Lipinski definition) is 1. The Morgan fingerprint density at radius 1 is 1.50 bits per heavy atom. The summed E-state index contributed by atoms with van der Waals surface area (Å²) in [6, 6.07) is 5.43. The predicted octanol–water partition coefficient (Wildman–Crippen LogP) is 2.36. The van der Waals surface area contributed by atoms with Gasteiger partial charge in [0.25, 0.3) is 0 Å². The van der Waals surface area contributed by atoms with Gasteiger partial charge in [0.2, 0.25) is 0 Å². The third kappa shape index (κ3) is 2.05. The van der Waals surface area contributed by atoms with Crippen molar-refractivity contribution < 1.29 is 4.39 Å². The Balaban J connectivity index is 2.29. The van der Waals surface area contributed by atoms with Crippen LogP contribution in [0.2, 0.25) is 0 Å². The molecule has 16 heavy (non-hydrogen) atoms. The lowest BCUT2D eigenvalue weighted by Gasteiger charge is -2.33. The van der Waals surface area contributed by atoms with Crippen molar-refractivity contribution in [3.05, 3.63) is 29.6 Å². The summed E-state index contributed by atoms with van der Waals surface area (Å²) in [5.41, 5.74) is 1.97. The van der Waals surface area contributed by atoms with E-state index in [0.717, 1.165) is 31.6 Å². The Morgan fingerprint density at radius 3 is 3.06 bits per heavy atom. The van der Waals surface area contributed by atoms with Gasteiger partial charge in [0.15, 0.2) is 0 Å². The Bertz CT molecular complexity index is 365. The number of fused-ring (bicyclic) bond motifs is 1. The van der Waals surface area contributed by atoms with E-state index in [0.29, 0.717) is 5.92 Å². The highest BCUT2D eigenvalue weighted by Gasteiger charge is 2.24. The van der Waals surface area contributed by atoms with Gasteiger partial charge in [-0.1, -0.05) is 12.1 Å². The van der Waals surface area contributed by atoms with Crippen LogP contribution in [-0.2, 0) is 0 Å². The first-order valence-electron chi connectivity index (χ1n) is 5.88. The third-order valence-electron chi connectivity index (χ3n) is 3.40. The second kappa shape index (κ2) is 4.83. The zero-order valence-electron chi connectivity index (χ0n) is 9.96. The summed E-state index contributed by atoms with van der Waals surface area (Å²) < 4.78 is 13.8. The molecule has 2 nitrogen and oxygen atoms in total. The van der Waals surface area contributed by atoms with Crippen molar-refractivity contribution in [2.75, 3.05) is 32.1 Å². The largest absolute Gasteiger partial charge is 0.372 e. The molecule has 1 aliphatic heterocycles. The lowest BCUT2D eigenvalue weighted by Crippen LogP contribution is -2.29. The Morgan fingerprint density at radius 2 is 2.31 bits per heavy atom. The molecule has 0 amide bonds. The summed E-state index contributed by atoms with van der Waals surface area (Å²) in [6.07, 6.45) is 2.20. The van der Waals surface area contributed by atoms with Gasteiger partial charge >= 0.3 is 0 Å². The summed E-state index contributed by atoms with van der Waals surface area (Å²) in [7, 11) is 3.93. The zero-order valence-corrected chi connectivity index (χ0v) is 9.96. The Hall–Kier alpha value is -1.09. The molecule has 0 aromatic heterocycles. The number of hydrogen-bond acceptors (Lipinski definition) is 2. The van der Waals surface area contributed by atoms with E-state index in [1.165, 1.54) is 5.56 Å². The maximum atomic E-state index is 13.8. The molecule has 1 atom stereocenters. The maximum absolute atomic E-state index is 13.8. The van der Waals surface area contributed by atoms with Crippen LogP contribution in [0.3, 0.4) is 0 Å². The molecule has 1 aliphatic rings. The van der Waals surface area contributed by atoms with Crippen molar-refractivity contribution >= 4 is 5.69 Å². The van der Waals surface area contributed by atoms with Crippen LogP contribution in [-0.4, -0.2) is 27.2 Å². The average Bonchev–Trinajstić information content (AvgIpc) is 2.28. The Kier molecular flexibility index (Phi) is 3.44. The van der Waals surface area contributed by atoms with Crippen LogP contribution in [0.25, 0.3) is 0 Å². The normalized spacial score (nSPS) is 19.7. The van der Waals surface area contributed by atoms with E-state index in [-0.39, 0.29) is 5.82 Å². The van der Waals surface area contributed by atoms with Gasteiger partial charge in [-0.2, -0.15) is 0 Å². The SMILES string of the molecule is CNCCC1CCN(C)c2c(F)cccc21. The zero-order chi connectivity index (χ0) is 11.5. The molecule has 0 aliphatic carbocycles. The smallest absolute Gasteiger partial charge is 0.146 e. The highest BCUT2D eigenvalue weighted by Crippen LogP contribution is 2.37. The van der Waals surface area contributed by atoms with Gasteiger partial charge < -0.3 is 10.2 Å². The minimum atomic E-state index is -0.0887. The predicted molar refractivity (Wildman–Crippen MR) is 65.6 cm³/mol. The van der Waals surface area contributed by atoms with Crippen LogP contribution in [0.4, 0.5) is 10.1 Å². The summed E-state index contributed by atoms with van der Waals surface area (Å²) in [5.74, 6) is 0.406. The van der Waals surface area contributed by atoms with Crippen LogP contribution in [0.1, 0.15) is 24.3 Å². The van der Waals surface area contributed by atoms with Crippen molar-refractivity contribution in [2.24, 2.45) is 0 Å². The molecule has 1 N–H and O–H groups in total. The molecule has 3 heteroatoms. The van der Waals surface area contributed by atoms with Crippen molar-refractivity contribution in [3.8, 4) is 0 Å². The number of nitrogens with one attached hydrogen (secondary N) is 1. The third-order valence-corrected chi connectivity index (χ3v) is 3.40. The molecule has 88 valence electrons. The molecular formula is C13H19FN2. The molecule has 0 saturated heterocycles. The van der Waals surface area contributed by atoms with Gasteiger partial charge in [0, 0.05) is 13.6 Å². The summed E-state index contributed by atoms with van der Waals surface area (Å²) in [4.78, 5) is 2.03. The minimum Gasteiger partial charge on any atom is -0.372 e. The van der Waals surface area contributed by atoms with E-state index >= 15 is 0 Å². The van der Waals surface area contributed by atoms with Gasteiger partial charge in [0.05, 0.1) is 5.69 Å². The van der Waals surface area contributed by atoms with E-state index in [4.69, 9.17) is 0 Å². The van der Waals surface area contributed by atoms with Gasteiger partial charge in [-0.25, -0.2) is 4.39 Å². The van der Waals surface area contributed by atoms with Gasteiger partial charge in [0.1, 0.15) is 5.82 Å². The summed E-state index contributed by atoms with van der Waals surface area (Å²) in [5, 5.41) is 3.16. The summed E-state index contributed by atoms with van der Waals surface area (Å²) >= 11 is 0. The molecular weight excluding hydrogens is 203 g/mol. The molecule has 0 radical (unpaired) electrons. The highest BCUT2D eigenvalue weighted by molar-refractivity contribution is 5.57. The van der Waals surface area contributed by atoms with Crippen molar-refractivity contribution in [2.45, 2.75) is 18.8 Å². The van der Waals surface area contributed by atoms with Gasteiger partial charge in [-0.15, -0.1) is 0 Å². The number of anilines is 1. The fourth-order valence-electron chi connectivity index (χ4n) is 2.50. The molecule has 2 rings (SSSR count). The topological polar surface area (TPSA) is 15.3 Å². The molecule has 0 spiro atoms. The molecule has 0 saturated carbocycles. The van der Waals surface area contributed by atoms with Crippen LogP contribution < -0.4 is 10.2 Å². The molecule has 1 heterocycles. The first kappa shape index (κ1) is 11.4. The number of para-hydroxylation sites is 1. The first-order chi connectivity index (χ1) is 7.74. The molecule has 0 fully saturated rings. The maximum Gasteiger partial charge on any atom is 0.146 e. The fourth-order valence-corrected chi connectivity index (χ4v) is 2.50. The van der Waals surface area contributed by atoms with E-state index in [1.807, 2.05) is 25.1 Å². The fraction of sp³-hybridized carbons (Fsp3) is 0.538. The monoisotopic (exact) mass is 222 g/mol. The quantitative estimate of drug-likeness (QED) is 0.844. The lowest BCUT2D eigenvalue weighted by molar-refractivity contribution is 0.524. The van der Waals surface area contributed by atoms with E-state index < -0.39 is 0 Å². The molecule has 1 aromatic carbocycles. The number of halogens is 1. The van der Waals surface area contributed by atoms with Crippen LogP contribution in [0.5, 0.6) is 0 Å². The second-order valence-electron chi connectivity index (χ2n) is 4.48. The van der Waals surface area contributed by atoms with E-state index in [1.54, 1.807) is 6.07 Å². The first-order valence-corrected chi connectivity index (χ1v) is 5.88. The summed E-state index contributed by atoms with van der Waals surface area (Å²) in [6.45, 7) is 1.94. The molecule has 1 aromatic rings. The number of benzene rings is 1. The minimum absolute atomic E-state index is 0.0887. The van der Waals surface area contributed by atoms with E-state index in [2.05, 4.69) is 11.4 Å². The van der Waals surface area contributed by atoms with Crippen molar-refractivity contribution in [1.29, 1.82) is 0 Å². The Labute approximate surface area is 96.5 Å².